The maximum atomic E-state index is 3.68. The molecule has 0 spiro atoms. The van der Waals surface area contributed by atoms with Gasteiger partial charge in [0.25, 0.3) is 0 Å². The molecule has 0 bridgehead atoms. The maximum Gasteiger partial charge on any atom is 0.0668 e. The van der Waals surface area contributed by atoms with Crippen LogP contribution in [0.5, 0.6) is 0 Å². The van der Waals surface area contributed by atoms with Gasteiger partial charge >= 0.3 is 0 Å². The molecule has 0 aliphatic carbocycles. The number of nitrogens with zero attached hydrogens (tertiary/aromatic N) is 3. The number of para-hydroxylation sites is 1. The summed E-state index contributed by atoms with van der Waals surface area (Å²) in [6.07, 6.45) is 1.67. The number of benzene rings is 1. The van der Waals surface area contributed by atoms with Gasteiger partial charge in [-0.3, -0.25) is 5.43 Å². The number of hydrogen-bond donors (Lipinski definition) is 1. The fourth-order valence-electron chi connectivity index (χ4n) is 0.901. The Balaban J connectivity index is 2.52. The van der Waals surface area contributed by atoms with Gasteiger partial charge in [0, 0.05) is 5.56 Å². The van der Waals surface area contributed by atoms with Gasteiger partial charge in [-0.15, -0.1) is 5.10 Å². The average molecular weight is 146 g/mol. The molecule has 0 unspecified atom stereocenters. The highest BCUT2D eigenvalue weighted by Crippen LogP contribution is 2.14. The van der Waals surface area contributed by atoms with Crippen LogP contribution in [-0.4, -0.2) is 6.21 Å². The van der Waals surface area contributed by atoms with Gasteiger partial charge in [-0.25, -0.2) is 0 Å². The summed E-state index contributed by atoms with van der Waals surface area (Å²) in [5.41, 5.74) is 4.68. The molecule has 1 aromatic rings. The molecule has 2 rings (SSSR count). The topological polar surface area (TPSA) is 49.1 Å². The molecular weight excluding hydrogens is 140 g/mol. The van der Waals surface area contributed by atoms with E-state index in [-0.39, 0.29) is 0 Å². The SMILES string of the molecule is C1=NN=NNc2ccccc21. The minimum atomic E-state index is 0.928. The van der Waals surface area contributed by atoms with Gasteiger partial charge in [-0.2, -0.15) is 0 Å². The van der Waals surface area contributed by atoms with Crippen LogP contribution in [0, 0.1) is 0 Å². The smallest absolute Gasteiger partial charge is 0.0668 e. The predicted octanol–water partition coefficient (Wildman–Crippen LogP) is 1.81. The van der Waals surface area contributed by atoms with Crippen LogP contribution in [0.15, 0.2) is 39.8 Å². The van der Waals surface area contributed by atoms with Crippen molar-refractivity contribution in [1.29, 1.82) is 0 Å². The van der Waals surface area contributed by atoms with E-state index in [1.807, 2.05) is 24.3 Å². The van der Waals surface area contributed by atoms with Crippen LogP contribution in [0.3, 0.4) is 0 Å². The largest absolute Gasteiger partial charge is 0.258 e. The number of hydrogen-bond acceptors (Lipinski definition) is 4. The van der Waals surface area contributed by atoms with Crippen molar-refractivity contribution in [3.05, 3.63) is 29.8 Å². The molecule has 1 aliphatic rings. The maximum absolute atomic E-state index is 3.68. The second kappa shape index (κ2) is 2.49. The third-order valence-electron chi connectivity index (χ3n) is 1.42. The van der Waals surface area contributed by atoms with Crippen LogP contribution in [0.25, 0.3) is 0 Å². The van der Waals surface area contributed by atoms with E-state index in [1.54, 1.807) is 6.21 Å². The van der Waals surface area contributed by atoms with Gasteiger partial charge in [0.15, 0.2) is 0 Å². The van der Waals surface area contributed by atoms with Crippen molar-refractivity contribution in [1.82, 2.24) is 0 Å². The van der Waals surface area contributed by atoms with Crippen LogP contribution < -0.4 is 5.43 Å². The Labute approximate surface area is 63.6 Å². The lowest BCUT2D eigenvalue weighted by molar-refractivity contribution is 1.02. The van der Waals surface area contributed by atoms with Gasteiger partial charge in [-0.05, 0) is 16.5 Å². The Bertz CT molecular complexity index is 316. The minimum absolute atomic E-state index is 0.928. The quantitative estimate of drug-likeness (QED) is 0.596. The number of anilines is 1. The van der Waals surface area contributed by atoms with Crippen molar-refractivity contribution in [2.75, 3.05) is 5.43 Å². The van der Waals surface area contributed by atoms with E-state index in [0.717, 1.165) is 11.3 Å². The second-order valence-electron chi connectivity index (χ2n) is 2.13. The lowest BCUT2D eigenvalue weighted by atomic mass is 10.2. The van der Waals surface area contributed by atoms with Crippen molar-refractivity contribution in [3.8, 4) is 0 Å². The van der Waals surface area contributed by atoms with E-state index >= 15 is 0 Å². The third-order valence-corrected chi connectivity index (χ3v) is 1.42. The molecule has 11 heavy (non-hydrogen) atoms. The second-order valence-corrected chi connectivity index (χ2v) is 2.13. The first-order chi connectivity index (χ1) is 5.47. The highest BCUT2D eigenvalue weighted by Gasteiger charge is 1.98. The predicted molar refractivity (Wildman–Crippen MR) is 42.5 cm³/mol. The molecule has 1 heterocycles. The summed E-state index contributed by atoms with van der Waals surface area (Å²) in [6, 6.07) is 7.74. The highest BCUT2D eigenvalue weighted by molar-refractivity contribution is 5.87. The summed E-state index contributed by atoms with van der Waals surface area (Å²) in [6.45, 7) is 0. The summed E-state index contributed by atoms with van der Waals surface area (Å²) in [5, 5.41) is 10.7. The van der Waals surface area contributed by atoms with Crippen molar-refractivity contribution < 1.29 is 0 Å². The van der Waals surface area contributed by atoms with E-state index in [0.29, 0.717) is 0 Å². The van der Waals surface area contributed by atoms with Crippen LogP contribution >= 0.6 is 0 Å². The Kier molecular flexibility index (Phi) is 1.37. The standard InChI is InChI=1S/C7H6N4/c1-2-4-7-6(3-1)5-8-10-11-9-7/h1-5H,(H,9,10). The third kappa shape index (κ3) is 1.10. The van der Waals surface area contributed by atoms with Gasteiger partial charge in [-0.1, -0.05) is 18.2 Å². The summed E-state index contributed by atoms with van der Waals surface area (Å²) in [5.74, 6) is 0. The summed E-state index contributed by atoms with van der Waals surface area (Å²) < 4.78 is 0. The first-order valence-corrected chi connectivity index (χ1v) is 3.25. The molecule has 1 aliphatic heterocycles. The van der Waals surface area contributed by atoms with Crippen molar-refractivity contribution in [2.24, 2.45) is 15.5 Å². The Morgan fingerprint density at radius 2 is 2.09 bits per heavy atom. The van der Waals surface area contributed by atoms with E-state index in [4.69, 9.17) is 0 Å². The van der Waals surface area contributed by atoms with Gasteiger partial charge in [0.2, 0.25) is 0 Å². The monoisotopic (exact) mass is 146 g/mol. The van der Waals surface area contributed by atoms with Crippen LogP contribution in [0.4, 0.5) is 5.69 Å². The van der Waals surface area contributed by atoms with Gasteiger partial charge in [0.05, 0.1) is 11.9 Å². The minimum Gasteiger partial charge on any atom is -0.258 e. The Morgan fingerprint density at radius 3 is 3.09 bits per heavy atom. The van der Waals surface area contributed by atoms with Gasteiger partial charge < -0.3 is 0 Å². The Morgan fingerprint density at radius 1 is 1.18 bits per heavy atom. The molecule has 1 N–H and O–H groups in total. The van der Waals surface area contributed by atoms with Crippen LogP contribution in [0.1, 0.15) is 5.56 Å². The molecule has 54 valence electrons. The molecule has 0 atom stereocenters. The molecule has 0 radical (unpaired) electrons. The van der Waals surface area contributed by atoms with E-state index in [1.165, 1.54) is 0 Å². The first-order valence-electron chi connectivity index (χ1n) is 3.25. The molecule has 0 fully saturated rings. The molecule has 1 aromatic carbocycles. The van der Waals surface area contributed by atoms with Crippen LogP contribution in [-0.2, 0) is 0 Å². The highest BCUT2D eigenvalue weighted by atomic mass is 15.5. The molecule has 4 nitrogen and oxygen atoms in total. The van der Waals surface area contributed by atoms with Crippen molar-refractivity contribution in [2.45, 2.75) is 0 Å². The molecule has 4 heteroatoms. The zero-order valence-corrected chi connectivity index (χ0v) is 5.73. The average Bonchev–Trinajstić information content (AvgIpc) is 2.28. The van der Waals surface area contributed by atoms with Gasteiger partial charge in [0.1, 0.15) is 0 Å². The summed E-state index contributed by atoms with van der Waals surface area (Å²) in [7, 11) is 0. The fraction of sp³-hybridized carbons (Fsp3) is 0. The lowest BCUT2D eigenvalue weighted by Crippen LogP contribution is -1.89. The van der Waals surface area contributed by atoms with E-state index in [2.05, 4.69) is 21.0 Å². The van der Waals surface area contributed by atoms with E-state index < -0.39 is 0 Å². The van der Waals surface area contributed by atoms with E-state index in [9.17, 15) is 0 Å². The molecule has 0 saturated heterocycles. The summed E-state index contributed by atoms with van der Waals surface area (Å²) in [4.78, 5) is 0. The lowest BCUT2D eigenvalue weighted by Gasteiger charge is -1.98. The van der Waals surface area contributed by atoms with Crippen LogP contribution in [0.2, 0.25) is 0 Å². The van der Waals surface area contributed by atoms with Crippen molar-refractivity contribution in [3.63, 3.8) is 0 Å². The number of rotatable bonds is 0. The molecule has 0 amide bonds. The first kappa shape index (κ1) is 6.03. The number of fused-ring (bicyclic) bond motifs is 1. The number of nitrogens with one attached hydrogen (secondary N) is 1. The zero-order chi connectivity index (χ0) is 7.52. The van der Waals surface area contributed by atoms with Crippen molar-refractivity contribution >= 4 is 11.9 Å². The fourth-order valence-corrected chi connectivity index (χ4v) is 0.901. The normalized spacial score (nSPS) is 13.5. The molecule has 0 aromatic heterocycles. The zero-order valence-electron chi connectivity index (χ0n) is 5.73. The summed E-state index contributed by atoms with van der Waals surface area (Å²) >= 11 is 0. The molecular formula is C7H6N4. The molecule has 0 saturated carbocycles. The Hall–Kier alpha value is -1.71.